The molecule has 0 aliphatic carbocycles. The van der Waals surface area contributed by atoms with Gasteiger partial charge in [0.25, 0.3) is 0 Å². The molecule has 1 aliphatic rings. The Hall–Kier alpha value is -2.70. The summed E-state index contributed by atoms with van der Waals surface area (Å²) in [7, 11) is -3.76. The normalized spacial score (nSPS) is 17.5. The molecule has 0 spiro atoms. The van der Waals surface area contributed by atoms with E-state index in [1.54, 1.807) is 12.1 Å². The van der Waals surface area contributed by atoms with Crippen LogP contribution in [0.4, 0.5) is 5.69 Å². The molecule has 1 N–H and O–H groups in total. The third-order valence-electron chi connectivity index (χ3n) is 5.47. The Morgan fingerprint density at radius 2 is 1.76 bits per heavy atom. The van der Waals surface area contributed by atoms with Crippen molar-refractivity contribution in [3.63, 3.8) is 0 Å². The van der Waals surface area contributed by atoms with Gasteiger partial charge >= 0.3 is 0 Å². The smallest absolute Gasteiger partial charge is 0.243 e. The van der Waals surface area contributed by atoms with Crippen molar-refractivity contribution >= 4 is 32.4 Å². The van der Waals surface area contributed by atoms with Crippen LogP contribution in [0.1, 0.15) is 24.0 Å². The van der Waals surface area contributed by atoms with Gasteiger partial charge in [-0.2, -0.15) is 4.31 Å². The first-order valence-electron chi connectivity index (χ1n) is 9.75. The van der Waals surface area contributed by atoms with Gasteiger partial charge in [0.05, 0.1) is 4.90 Å². The molecule has 1 saturated heterocycles. The monoisotopic (exact) mass is 408 g/mol. The van der Waals surface area contributed by atoms with Crippen LogP contribution < -0.4 is 5.32 Å². The van der Waals surface area contributed by atoms with Crippen molar-refractivity contribution < 1.29 is 13.2 Å². The molecule has 1 amide bonds. The fraction of sp³-hybridized carbons (Fsp3) is 0.261. The van der Waals surface area contributed by atoms with Crippen molar-refractivity contribution in [3.8, 4) is 0 Å². The molecule has 150 valence electrons. The molecule has 0 aromatic heterocycles. The molecule has 5 nitrogen and oxygen atoms in total. The molecule has 1 aliphatic heterocycles. The first-order valence-corrected chi connectivity index (χ1v) is 11.2. The van der Waals surface area contributed by atoms with Gasteiger partial charge in [0.1, 0.15) is 6.04 Å². The highest BCUT2D eigenvalue weighted by Crippen LogP contribution is 2.29. The second kappa shape index (κ2) is 7.61. The van der Waals surface area contributed by atoms with Gasteiger partial charge in [0.15, 0.2) is 0 Å². The number of anilines is 1. The molecule has 1 fully saturated rings. The topological polar surface area (TPSA) is 66.5 Å². The summed E-state index contributed by atoms with van der Waals surface area (Å²) < 4.78 is 27.9. The Labute approximate surface area is 171 Å². The fourth-order valence-electron chi connectivity index (χ4n) is 3.92. The summed E-state index contributed by atoms with van der Waals surface area (Å²) in [6, 6.07) is 17.8. The van der Waals surface area contributed by atoms with Crippen LogP contribution in [0.15, 0.2) is 65.6 Å². The third kappa shape index (κ3) is 3.78. The van der Waals surface area contributed by atoms with E-state index in [0.717, 1.165) is 27.6 Å². The van der Waals surface area contributed by atoms with Gasteiger partial charge in [-0.3, -0.25) is 4.79 Å². The van der Waals surface area contributed by atoms with E-state index in [1.807, 2.05) is 62.4 Å². The zero-order valence-corrected chi connectivity index (χ0v) is 17.4. The Morgan fingerprint density at radius 3 is 2.52 bits per heavy atom. The summed E-state index contributed by atoms with van der Waals surface area (Å²) in [5.74, 6) is -0.279. The van der Waals surface area contributed by atoms with Gasteiger partial charge in [-0.1, -0.05) is 48.0 Å². The summed E-state index contributed by atoms with van der Waals surface area (Å²) in [5.41, 5.74) is 2.79. The molecule has 1 atom stereocenters. The number of fused-ring (bicyclic) bond motifs is 1. The Balaban J connectivity index is 1.61. The molecular formula is C23H24N2O3S. The lowest BCUT2D eigenvalue weighted by Crippen LogP contribution is -2.43. The summed E-state index contributed by atoms with van der Waals surface area (Å²) in [6.45, 7) is 4.27. The van der Waals surface area contributed by atoms with Gasteiger partial charge in [-0.25, -0.2) is 8.42 Å². The molecular weight excluding hydrogens is 384 g/mol. The number of rotatable bonds is 4. The minimum Gasteiger partial charge on any atom is -0.324 e. The molecule has 6 heteroatoms. The number of amides is 1. The molecule has 3 aromatic rings. The number of hydrogen-bond donors (Lipinski definition) is 1. The van der Waals surface area contributed by atoms with Crippen molar-refractivity contribution in [2.75, 3.05) is 11.9 Å². The molecule has 0 saturated carbocycles. The largest absolute Gasteiger partial charge is 0.324 e. The lowest BCUT2D eigenvalue weighted by molar-refractivity contribution is -0.119. The minimum absolute atomic E-state index is 0.224. The van der Waals surface area contributed by atoms with E-state index < -0.39 is 16.1 Å². The minimum atomic E-state index is -3.76. The molecule has 3 aromatic carbocycles. The molecule has 4 rings (SSSR count). The highest BCUT2D eigenvalue weighted by molar-refractivity contribution is 7.89. The number of nitrogens with zero attached hydrogens (tertiary/aromatic N) is 1. The standard InChI is InChI=1S/C23H24N2O3S/c1-16-9-12-21(17(2)14-16)24-23(26)22-8-5-13-25(22)29(27,28)20-11-10-18-6-3-4-7-19(18)15-20/h3-4,6-7,9-12,14-15,22H,5,8,13H2,1-2H3,(H,24,26)/t22-/m1/s1. The van der Waals surface area contributed by atoms with Crippen LogP contribution in [0.5, 0.6) is 0 Å². The second-order valence-corrected chi connectivity index (χ2v) is 9.48. The van der Waals surface area contributed by atoms with E-state index in [9.17, 15) is 13.2 Å². The van der Waals surface area contributed by atoms with E-state index in [0.29, 0.717) is 19.4 Å². The number of hydrogen-bond acceptors (Lipinski definition) is 3. The first kappa shape index (κ1) is 19.6. The molecule has 0 bridgehead atoms. The summed E-state index contributed by atoms with van der Waals surface area (Å²) in [4.78, 5) is 13.2. The van der Waals surface area contributed by atoms with E-state index in [1.165, 1.54) is 4.31 Å². The summed E-state index contributed by atoms with van der Waals surface area (Å²) in [6.07, 6.45) is 1.18. The van der Waals surface area contributed by atoms with E-state index >= 15 is 0 Å². The number of nitrogens with one attached hydrogen (secondary N) is 1. The van der Waals surface area contributed by atoms with Crippen molar-refractivity contribution in [1.82, 2.24) is 4.31 Å². The lowest BCUT2D eigenvalue weighted by atomic mass is 10.1. The summed E-state index contributed by atoms with van der Waals surface area (Å²) in [5, 5.41) is 4.77. The maximum atomic E-state index is 13.3. The Morgan fingerprint density at radius 1 is 1.00 bits per heavy atom. The van der Waals surface area contributed by atoms with Crippen LogP contribution in [0.25, 0.3) is 10.8 Å². The highest BCUT2D eigenvalue weighted by Gasteiger charge is 2.39. The SMILES string of the molecule is Cc1ccc(NC(=O)[C@H]2CCCN2S(=O)(=O)c2ccc3ccccc3c2)c(C)c1. The maximum absolute atomic E-state index is 13.3. The van der Waals surface area contributed by atoms with Crippen molar-refractivity contribution in [1.29, 1.82) is 0 Å². The second-order valence-electron chi connectivity index (χ2n) is 7.59. The van der Waals surface area contributed by atoms with Crippen LogP contribution in [0.3, 0.4) is 0 Å². The van der Waals surface area contributed by atoms with Gasteiger partial charge in [-0.15, -0.1) is 0 Å². The Kier molecular flexibility index (Phi) is 5.15. The molecule has 0 radical (unpaired) electrons. The van der Waals surface area contributed by atoms with Crippen LogP contribution in [0, 0.1) is 13.8 Å². The number of carbonyl (C=O) groups is 1. The lowest BCUT2D eigenvalue weighted by Gasteiger charge is -2.24. The van der Waals surface area contributed by atoms with Crippen molar-refractivity contribution in [2.24, 2.45) is 0 Å². The van der Waals surface area contributed by atoms with Crippen LogP contribution in [-0.2, 0) is 14.8 Å². The number of carbonyl (C=O) groups excluding carboxylic acids is 1. The van der Waals surface area contributed by atoms with Crippen molar-refractivity contribution in [2.45, 2.75) is 37.6 Å². The van der Waals surface area contributed by atoms with Gasteiger partial charge in [-0.05, 0) is 61.2 Å². The average Bonchev–Trinajstić information content (AvgIpc) is 3.20. The van der Waals surface area contributed by atoms with Gasteiger partial charge < -0.3 is 5.32 Å². The average molecular weight is 409 g/mol. The van der Waals surface area contributed by atoms with Crippen LogP contribution >= 0.6 is 0 Å². The van der Waals surface area contributed by atoms with Crippen molar-refractivity contribution in [3.05, 3.63) is 71.8 Å². The predicted molar refractivity (Wildman–Crippen MR) is 115 cm³/mol. The van der Waals surface area contributed by atoms with Crippen LogP contribution in [0.2, 0.25) is 0 Å². The van der Waals surface area contributed by atoms with Crippen LogP contribution in [-0.4, -0.2) is 31.2 Å². The fourth-order valence-corrected chi connectivity index (χ4v) is 5.62. The number of sulfonamides is 1. The zero-order valence-electron chi connectivity index (χ0n) is 16.6. The van der Waals surface area contributed by atoms with E-state index in [4.69, 9.17) is 0 Å². The quantitative estimate of drug-likeness (QED) is 0.702. The Bertz CT molecular complexity index is 1190. The maximum Gasteiger partial charge on any atom is 0.243 e. The number of benzene rings is 3. The van der Waals surface area contributed by atoms with Gasteiger partial charge in [0, 0.05) is 12.2 Å². The third-order valence-corrected chi connectivity index (χ3v) is 7.38. The highest BCUT2D eigenvalue weighted by atomic mass is 32.2. The molecule has 0 unspecified atom stereocenters. The molecule has 1 heterocycles. The van der Waals surface area contributed by atoms with Gasteiger partial charge in [0.2, 0.25) is 15.9 Å². The molecule has 29 heavy (non-hydrogen) atoms. The summed E-state index contributed by atoms with van der Waals surface area (Å²) >= 11 is 0. The first-order chi connectivity index (χ1) is 13.9. The van der Waals surface area contributed by atoms with E-state index in [-0.39, 0.29) is 10.8 Å². The zero-order chi connectivity index (χ0) is 20.6. The number of aryl methyl sites for hydroxylation is 2. The van der Waals surface area contributed by atoms with E-state index in [2.05, 4.69) is 5.32 Å². The predicted octanol–water partition coefficient (Wildman–Crippen LogP) is 4.25.